The number of rotatable bonds is 7. The first-order chi connectivity index (χ1) is 6.75. The molecule has 14 heavy (non-hydrogen) atoms. The van der Waals surface area contributed by atoms with Gasteiger partial charge in [-0.05, 0) is 12.8 Å². The third-order valence-corrected chi connectivity index (χ3v) is 2.73. The Kier molecular flexibility index (Phi) is 4.39. The zero-order valence-electron chi connectivity index (χ0n) is 9.17. The number of hydrogen-bond donors (Lipinski definition) is 0. The van der Waals surface area contributed by atoms with Crippen molar-refractivity contribution in [3.63, 3.8) is 0 Å². The smallest absolute Gasteiger partial charge is 0.340 e. The number of hydrogen-bond acceptors (Lipinski definition) is 3. The summed E-state index contributed by atoms with van der Waals surface area (Å²) in [6.07, 6.45) is 6.87. The van der Waals surface area contributed by atoms with Crippen LogP contribution in [-0.4, -0.2) is 25.3 Å². The Balaban J connectivity index is 2.09. The van der Waals surface area contributed by atoms with Crippen LogP contribution in [0.3, 0.4) is 0 Å². The highest BCUT2D eigenvalue weighted by molar-refractivity contribution is 5.82. The summed E-state index contributed by atoms with van der Waals surface area (Å²) in [7, 11) is 1.42. The molecule has 0 saturated carbocycles. The van der Waals surface area contributed by atoms with E-state index in [1.54, 1.807) is 0 Å². The molecule has 1 aliphatic rings. The maximum atomic E-state index is 11.3. The minimum absolute atomic E-state index is 0.201. The molecule has 0 aromatic carbocycles. The summed E-state index contributed by atoms with van der Waals surface area (Å²) in [5.41, 5.74) is -0.555. The highest BCUT2D eigenvalue weighted by atomic mass is 16.6. The molecule has 1 heterocycles. The third kappa shape index (κ3) is 2.98. The Morgan fingerprint density at radius 1 is 1.36 bits per heavy atom. The molecule has 0 bridgehead atoms. The molecule has 0 aliphatic carbocycles. The maximum Gasteiger partial charge on any atom is 0.340 e. The van der Waals surface area contributed by atoms with Gasteiger partial charge in [0.1, 0.15) is 0 Å². The Morgan fingerprint density at radius 2 is 2.00 bits per heavy atom. The molecule has 1 saturated heterocycles. The first kappa shape index (κ1) is 11.5. The van der Waals surface area contributed by atoms with Crippen molar-refractivity contribution >= 4 is 5.97 Å². The van der Waals surface area contributed by atoms with Crippen LogP contribution in [0.15, 0.2) is 0 Å². The minimum atomic E-state index is -0.555. The predicted octanol–water partition coefficient (Wildman–Crippen LogP) is 2.29. The van der Waals surface area contributed by atoms with Crippen molar-refractivity contribution in [3.05, 3.63) is 0 Å². The van der Waals surface area contributed by atoms with E-state index < -0.39 is 5.60 Å². The fourth-order valence-electron chi connectivity index (χ4n) is 1.65. The SMILES string of the molecule is CCCCCCCC1(C(=O)OC)CO1. The van der Waals surface area contributed by atoms with Crippen LogP contribution in [-0.2, 0) is 14.3 Å². The Labute approximate surface area is 85.8 Å². The zero-order valence-corrected chi connectivity index (χ0v) is 9.17. The van der Waals surface area contributed by atoms with Crippen molar-refractivity contribution in [2.75, 3.05) is 13.7 Å². The van der Waals surface area contributed by atoms with E-state index in [9.17, 15) is 4.79 Å². The van der Waals surface area contributed by atoms with Crippen molar-refractivity contribution in [1.82, 2.24) is 0 Å². The van der Waals surface area contributed by atoms with Crippen LogP contribution in [0.1, 0.15) is 45.4 Å². The molecular formula is C11H20O3. The lowest BCUT2D eigenvalue weighted by atomic mass is 10.0. The second-order valence-corrected chi connectivity index (χ2v) is 3.94. The molecule has 3 nitrogen and oxygen atoms in total. The average Bonchev–Trinajstić information content (AvgIpc) is 2.98. The van der Waals surface area contributed by atoms with Gasteiger partial charge >= 0.3 is 5.97 Å². The van der Waals surface area contributed by atoms with Gasteiger partial charge < -0.3 is 9.47 Å². The summed E-state index contributed by atoms with van der Waals surface area (Å²) >= 11 is 0. The number of epoxide rings is 1. The van der Waals surface area contributed by atoms with E-state index in [2.05, 4.69) is 6.92 Å². The number of methoxy groups -OCH3 is 1. The Morgan fingerprint density at radius 3 is 2.50 bits per heavy atom. The number of unbranched alkanes of at least 4 members (excludes halogenated alkanes) is 4. The van der Waals surface area contributed by atoms with Crippen LogP contribution in [0.2, 0.25) is 0 Å². The van der Waals surface area contributed by atoms with Gasteiger partial charge in [-0.15, -0.1) is 0 Å². The van der Waals surface area contributed by atoms with E-state index in [1.807, 2.05) is 0 Å². The second kappa shape index (κ2) is 5.35. The third-order valence-electron chi connectivity index (χ3n) is 2.73. The lowest BCUT2D eigenvalue weighted by Crippen LogP contribution is -2.25. The number of carbonyl (C=O) groups excluding carboxylic acids is 1. The average molecular weight is 200 g/mol. The largest absolute Gasteiger partial charge is 0.467 e. The lowest BCUT2D eigenvalue weighted by Gasteiger charge is -2.08. The molecule has 82 valence electrons. The van der Waals surface area contributed by atoms with Crippen molar-refractivity contribution in [2.24, 2.45) is 0 Å². The summed E-state index contributed by atoms with van der Waals surface area (Å²) in [5, 5.41) is 0. The van der Waals surface area contributed by atoms with E-state index in [1.165, 1.54) is 32.8 Å². The van der Waals surface area contributed by atoms with Crippen LogP contribution in [0.4, 0.5) is 0 Å². The van der Waals surface area contributed by atoms with Crippen molar-refractivity contribution in [1.29, 1.82) is 0 Å². The number of esters is 1. The van der Waals surface area contributed by atoms with Gasteiger partial charge in [0.25, 0.3) is 0 Å². The normalized spacial score (nSPS) is 24.7. The predicted molar refractivity (Wildman–Crippen MR) is 54.1 cm³/mol. The van der Waals surface area contributed by atoms with Gasteiger partial charge in [-0.2, -0.15) is 0 Å². The molecule has 1 unspecified atom stereocenters. The minimum Gasteiger partial charge on any atom is -0.467 e. The molecular weight excluding hydrogens is 180 g/mol. The van der Waals surface area contributed by atoms with Crippen LogP contribution >= 0.6 is 0 Å². The monoisotopic (exact) mass is 200 g/mol. The van der Waals surface area contributed by atoms with Gasteiger partial charge in [-0.3, -0.25) is 0 Å². The van der Waals surface area contributed by atoms with Crippen molar-refractivity contribution in [3.8, 4) is 0 Å². The molecule has 0 aromatic heterocycles. The molecule has 1 aliphatic heterocycles. The van der Waals surface area contributed by atoms with E-state index in [0.717, 1.165) is 12.8 Å². The Bertz CT molecular complexity index is 185. The highest BCUT2D eigenvalue weighted by Crippen LogP contribution is 2.34. The van der Waals surface area contributed by atoms with Crippen LogP contribution < -0.4 is 0 Å². The fourth-order valence-corrected chi connectivity index (χ4v) is 1.65. The van der Waals surface area contributed by atoms with E-state index in [4.69, 9.17) is 9.47 Å². The topological polar surface area (TPSA) is 38.8 Å². The zero-order chi connectivity index (χ0) is 10.4. The van der Waals surface area contributed by atoms with Gasteiger partial charge in [0.15, 0.2) is 5.60 Å². The summed E-state index contributed by atoms with van der Waals surface area (Å²) < 4.78 is 9.87. The van der Waals surface area contributed by atoms with E-state index >= 15 is 0 Å². The van der Waals surface area contributed by atoms with Crippen LogP contribution in [0, 0.1) is 0 Å². The molecule has 1 fully saturated rings. The van der Waals surface area contributed by atoms with Crippen molar-refractivity contribution in [2.45, 2.75) is 51.0 Å². The standard InChI is InChI=1S/C11H20O3/c1-3-4-5-6-7-8-11(9-14-11)10(12)13-2/h3-9H2,1-2H3. The van der Waals surface area contributed by atoms with E-state index in [-0.39, 0.29) is 5.97 Å². The summed E-state index contributed by atoms with van der Waals surface area (Å²) in [6.45, 7) is 2.74. The summed E-state index contributed by atoms with van der Waals surface area (Å²) in [5.74, 6) is -0.201. The Hall–Kier alpha value is -0.570. The highest BCUT2D eigenvalue weighted by Gasteiger charge is 2.52. The van der Waals surface area contributed by atoms with Crippen LogP contribution in [0.25, 0.3) is 0 Å². The number of ether oxygens (including phenoxy) is 2. The van der Waals surface area contributed by atoms with E-state index in [0.29, 0.717) is 6.61 Å². The summed E-state index contributed by atoms with van der Waals surface area (Å²) in [6, 6.07) is 0. The van der Waals surface area contributed by atoms with Gasteiger partial charge in [0, 0.05) is 0 Å². The summed E-state index contributed by atoms with van der Waals surface area (Å²) in [4.78, 5) is 11.3. The fraction of sp³-hybridized carbons (Fsp3) is 0.909. The molecule has 0 radical (unpaired) electrons. The van der Waals surface area contributed by atoms with Gasteiger partial charge in [0.05, 0.1) is 13.7 Å². The first-order valence-electron chi connectivity index (χ1n) is 5.47. The molecule has 0 amide bonds. The van der Waals surface area contributed by atoms with Crippen LogP contribution in [0.5, 0.6) is 0 Å². The van der Waals surface area contributed by atoms with Gasteiger partial charge in [-0.25, -0.2) is 4.79 Å². The molecule has 1 atom stereocenters. The molecule has 3 heteroatoms. The lowest BCUT2D eigenvalue weighted by molar-refractivity contribution is -0.147. The first-order valence-corrected chi connectivity index (χ1v) is 5.47. The van der Waals surface area contributed by atoms with Gasteiger partial charge in [0.2, 0.25) is 0 Å². The number of carbonyl (C=O) groups is 1. The van der Waals surface area contributed by atoms with Gasteiger partial charge in [-0.1, -0.05) is 32.6 Å². The van der Waals surface area contributed by atoms with Crippen molar-refractivity contribution < 1.29 is 14.3 Å². The second-order valence-electron chi connectivity index (χ2n) is 3.94. The molecule has 0 spiro atoms. The maximum absolute atomic E-state index is 11.3. The molecule has 0 aromatic rings. The quantitative estimate of drug-likeness (QED) is 0.359. The molecule has 1 rings (SSSR count). The molecule has 0 N–H and O–H groups in total.